The molecule has 0 aliphatic rings. The Morgan fingerprint density at radius 3 is 2.31 bits per heavy atom. The van der Waals surface area contributed by atoms with Crippen molar-refractivity contribution in [2.45, 2.75) is 6.92 Å². The third-order valence-electron chi connectivity index (χ3n) is 1.00. The highest BCUT2D eigenvalue weighted by Gasteiger charge is 2.18. The Hall–Kier alpha value is -0.000000000000000194. The van der Waals surface area contributed by atoms with Gasteiger partial charge in [-0.25, -0.2) is 0 Å². The molecule has 0 aliphatic carbocycles. The van der Waals surface area contributed by atoms with E-state index in [1.54, 1.807) is 0 Å². The van der Waals surface area contributed by atoms with E-state index < -0.39 is 17.3 Å². The van der Waals surface area contributed by atoms with Gasteiger partial charge in [0.05, 0.1) is 5.75 Å². The van der Waals surface area contributed by atoms with Gasteiger partial charge in [-0.1, -0.05) is 18.0 Å². The molecule has 74 valence electrons. The first-order valence-electron chi connectivity index (χ1n) is 3.17. The average Bonchev–Trinajstić information content (AvgIpc) is 1.97. The summed E-state index contributed by atoms with van der Waals surface area (Å²) in [6.45, 7) is 4.71. The smallest absolute Gasteiger partial charge is 0.242 e. The van der Waals surface area contributed by atoms with Crippen LogP contribution in [0.25, 0.3) is 0 Å². The van der Waals surface area contributed by atoms with E-state index in [-0.39, 0.29) is 11.3 Å². The SMILES string of the molecule is C=C(C)C(=O)C(=O)CSP(O)(O)=S. The largest absolute Gasteiger partial charge is 0.338 e. The Balaban J connectivity index is 4.11. The van der Waals surface area contributed by atoms with Crippen LogP contribution >= 0.6 is 17.1 Å². The molecule has 0 aliphatic heterocycles. The molecule has 2 N–H and O–H groups in total. The maximum absolute atomic E-state index is 10.9. The Morgan fingerprint density at radius 2 is 2.00 bits per heavy atom. The van der Waals surface area contributed by atoms with E-state index in [0.717, 1.165) is 0 Å². The molecular weight excluding hydrogens is 231 g/mol. The van der Waals surface area contributed by atoms with E-state index >= 15 is 0 Å². The highest BCUT2D eigenvalue weighted by Crippen LogP contribution is 2.50. The van der Waals surface area contributed by atoms with Gasteiger partial charge < -0.3 is 9.79 Å². The summed E-state index contributed by atoms with van der Waals surface area (Å²) >= 11 is 4.77. The van der Waals surface area contributed by atoms with Crippen LogP contribution in [0, 0.1) is 0 Å². The summed E-state index contributed by atoms with van der Waals surface area (Å²) in [6, 6.07) is 0. The first-order chi connectivity index (χ1) is 5.74. The summed E-state index contributed by atoms with van der Waals surface area (Å²) in [6.07, 6.45) is 0. The van der Waals surface area contributed by atoms with Gasteiger partial charge in [0.2, 0.25) is 17.3 Å². The second-order valence-corrected chi connectivity index (χ2v) is 8.35. The number of allylic oxidation sites excluding steroid dienone is 1. The summed E-state index contributed by atoms with van der Waals surface area (Å²) in [5.41, 5.74) is -3.31. The lowest BCUT2D eigenvalue weighted by Gasteiger charge is -2.04. The molecule has 0 rings (SSSR count). The Bertz CT molecular complexity index is 293. The van der Waals surface area contributed by atoms with Gasteiger partial charge in [-0.15, -0.1) is 0 Å². The number of Topliss-reactive ketones (excluding diaryl/α,β-unsaturated/α-hetero) is 2. The van der Waals surface area contributed by atoms with Gasteiger partial charge in [0.15, 0.2) is 0 Å². The van der Waals surface area contributed by atoms with Crippen LogP contribution < -0.4 is 0 Å². The lowest BCUT2D eigenvalue weighted by Crippen LogP contribution is -2.16. The summed E-state index contributed by atoms with van der Waals surface area (Å²) in [4.78, 5) is 39.4. The molecule has 13 heavy (non-hydrogen) atoms. The third-order valence-corrected chi connectivity index (χ3v) is 4.08. The van der Waals surface area contributed by atoms with Crippen molar-refractivity contribution in [1.82, 2.24) is 0 Å². The molecule has 0 unspecified atom stereocenters. The predicted octanol–water partition coefficient (Wildman–Crippen LogP) is 0.643. The van der Waals surface area contributed by atoms with E-state index in [9.17, 15) is 9.59 Å². The van der Waals surface area contributed by atoms with Crippen molar-refractivity contribution >= 4 is 40.4 Å². The molecule has 0 atom stereocenters. The number of ketones is 2. The first-order valence-corrected chi connectivity index (χ1v) is 7.47. The molecule has 0 bridgehead atoms. The van der Waals surface area contributed by atoms with E-state index in [1.165, 1.54) is 6.92 Å². The Morgan fingerprint density at radius 1 is 1.54 bits per heavy atom. The van der Waals surface area contributed by atoms with Crippen LogP contribution in [0.5, 0.6) is 0 Å². The summed E-state index contributed by atoms with van der Waals surface area (Å²) in [5, 5.41) is 0. The van der Waals surface area contributed by atoms with Crippen LogP contribution in [0.1, 0.15) is 6.92 Å². The van der Waals surface area contributed by atoms with Crippen LogP contribution in [0.3, 0.4) is 0 Å². The van der Waals surface area contributed by atoms with Crippen molar-refractivity contribution < 1.29 is 19.4 Å². The van der Waals surface area contributed by atoms with Gasteiger partial charge in [0.1, 0.15) is 0 Å². The van der Waals surface area contributed by atoms with Crippen molar-refractivity contribution in [2.75, 3.05) is 5.75 Å². The summed E-state index contributed by atoms with van der Waals surface area (Å²) in [7, 11) is 0. The fourth-order valence-corrected chi connectivity index (χ4v) is 2.19. The van der Waals surface area contributed by atoms with Crippen LogP contribution in [0.2, 0.25) is 0 Å². The molecule has 4 nitrogen and oxygen atoms in total. The fraction of sp³-hybridized carbons (Fsp3) is 0.333. The zero-order valence-electron chi connectivity index (χ0n) is 6.89. The van der Waals surface area contributed by atoms with E-state index in [2.05, 4.69) is 18.4 Å². The number of hydrogen-bond donors (Lipinski definition) is 2. The van der Waals surface area contributed by atoms with Crippen LogP contribution in [0.4, 0.5) is 0 Å². The molecule has 0 saturated heterocycles. The van der Waals surface area contributed by atoms with Gasteiger partial charge >= 0.3 is 0 Å². The average molecular weight is 240 g/mol. The molecule has 0 saturated carbocycles. The van der Waals surface area contributed by atoms with Crippen molar-refractivity contribution in [3.63, 3.8) is 0 Å². The van der Waals surface area contributed by atoms with Crippen molar-refractivity contribution in [1.29, 1.82) is 0 Å². The summed E-state index contributed by atoms with van der Waals surface area (Å²) < 4.78 is 0. The lowest BCUT2D eigenvalue weighted by atomic mass is 10.2. The number of hydrogen-bond acceptors (Lipinski definition) is 4. The number of rotatable bonds is 5. The number of carbonyl (C=O) groups excluding carboxylic acids is 2. The minimum Gasteiger partial charge on any atom is -0.338 e. The molecule has 0 aromatic carbocycles. The molecule has 0 fully saturated rings. The van der Waals surface area contributed by atoms with Gasteiger partial charge in [0.25, 0.3) is 0 Å². The maximum Gasteiger partial charge on any atom is 0.242 e. The normalized spacial score (nSPS) is 11.0. The monoisotopic (exact) mass is 240 g/mol. The van der Waals surface area contributed by atoms with Crippen molar-refractivity contribution in [2.24, 2.45) is 0 Å². The van der Waals surface area contributed by atoms with Crippen LogP contribution in [-0.2, 0) is 21.4 Å². The van der Waals surface area contributed by atoms with Gasteiger partial charge in [-0.05, 0) is 24.3 Å². The highest BCUT2D eigenvalue weighted by molar-refractivity contribution is 8.67. The Kier molecular flexibility index (Phi) is 5.02. The van der Waals surface area contributed by atoms with Crippen molar-refractivity contribution in [3.8, 4) is 0 Å². The van der Waals surface area contributed by atoms with E-state index in [1.807, 2.05) is 0 Å². The molecule has 0 spiro atoms. The van der Waals surface area contributed by atoms with Crippen molar-refractivity contribution in [3.05, 3.63) is 12.2 Å². The van der Waals surface area contributed by atoms with Crippen LogP contribution in [-0.4, -0.2) is 27.1 Å². The minimum atomic E-state index is -3.44. The number of carbonyl (C=O) groups is 2. The van der Waals surface area contributed by atoms with Crippen LogP contribution in [0.15, 0.2) is 12.2 Å². The molecule has 0 heterocycles. The molecule has 0 aromatic rings. The molecule has 0 aromatic heterocycles. The standard InChI is InChI=1S/C6H9O4PS2/c1-4(2)6(8)5(7)3-13-11(9,10)12/h1,3H2,2H3,(H2,9,10,12). The zero-order valence-corrected chi connectivity index (χ0v) is 9.42. The molecule has 0 radical (unpaired) electrons. The molecule has 0 amide bonds. The molecular formula is C6H9O4PS2. The first kappa shape index (κ1) is 13.0. The fourth-order valence-electron chi connectivity index (χ4n) is 0.446. The second-order valence-electron chi connectivity index (χ2n) is 2.30. The molecule has 7 heteroatoms. The maximum atomic E-state index is 10.9. The summed E-state index contributed by atoms with van der Waals surface area (Å²) in [5.74, 6) is -1.72. The van der Waals surface area contributed by atoms with E-state index in [4.69, 9.17) is 9.79 Å². The zero-order chi connectivity index (χ0) is 10.6. The quantitative estimate of drug-likeness (QED) is 0.417. The Labute approximate surface area is 85.0 Å². The third kappa shape index (κ3) is 6.12. The van der Waals surface area contributed by atoms with E-state index in [0.29, 0.717) is 11.4 Å². The van der Waals surface area contributed by atoms with Gasteiger partial charge in [-0.2, -0.15) is 0 Å². The second kappa shape index (κ2) is 5.02. The van der Waals surface area contributed by atoms with Gasteiger partial charge in [-0.3, -0.25) is 9.59 Å². The highest BCUT2D eigenvalue weighted by atomic mass is 32.9. The lowest BCUT2D eigenvalue weighted by molar-refractivity contribution is -0.132. The van der Waals surface area contributed by atoms with Gasteiger partial charge in [0, 0.05) is 0 Å². The predicted molar refractivity (Wildman–Crippen MR) is 56.0 cm³/mol. The topological polar surface area (TPSA) is 74.6 Å². The minimum absolute atomic E-state index is 0.134.